The normalized spacial score (nSPS) is 15.3. The van der Waals surface area contributed by atoms with Crippen LogP contribution in [-0.2, 0) is 14.8 Å². The van der Waals surface area contributed by atoms with Crippen molar-refractivity contribution in [2.75, 3.05) is 31.5 Å². The van der Waals surface area contributed by atoms with Gasteiger partial charge >= 0.3 is 0 Å². The molecule has 1 aliphatic heterocycles. The Morgan fingerprint density at radius 2 is 1.71 bits per heavy atom. The van der Waals surface area contributed by atoms with E-state index in [-0.39, 0.29) is 34.8 Å². The summed E-state index contributed by atoms with van der Waals surface area (Å²) < 4.78 is 27.3. The molecule has 1 aromatic heterocycles. The Morgan fingerprint density at radius 1 is 1.00 bits per heavy atom. The first kappa shape index (κ1) is 26.0. The number of carbonyl (C=O) groups is 1. The van der Waals surface area contributed by atoms with Crippen LogP contribution >= 0.6 is 34.8 Å². The number of aromatic nitrogens is 1. The van der Waals surface area contributed by atoms with Crippen LogP contribution in [0.3, 0.4) is 0 Å². The first-order chi connectivity index (χ1) is 16.8. The van der Waals surface area contributed by atoms with E-state index < -0.39 is 10.0 Å². The molecule has 11 heteroatoms. The monoisotopic (exact) mass is 554 g/mol. The Kier molecular flexibility index (Phi) is 8.39. The van der Waals surface area contributed by atoms with E-state index in [0.29, 0.717) is 36.0 Å². The van der Waals surface area contributed by atoms with Gasteiger partial charge in [-0.3, -0.25) is 9.78 Å². The summed E-state index contributed by atoms with van der Waals surface area (Å²) in [6, 6.07) is 11.9. The van der Waals surface area contributed by atoms with Gasteiger partial charge in [0, 0.05) is 59.4 Å². The van der Waals surface area contributed by atoms with Gasteiger partial charge in [0.15, 0.2) is 0 Å². The molecule has 35 heavy (non-hydrogen) atoms. The molecule has 186 valence electrons. The minimum Gasteiger partial charge on any atom is -0.384 e. The average molecular weight is 556 g/mol. The zero-order chi connectivity index (χ0) is 25.0. The molecule has 0 radical (unpaired) electrons. The summed E-state index contributed by atoms with van der Waals surface area (Å²) in [5.41, 5.74) is 1.79. The second-order valence-electron chi connectivity index (χ2n) is 8.34. The van der Waals surface area contributed by atoms with Crippen molar-refractivity contribution in [3.05, 3.63) is 63.7 Å². The highest BCUT2D eigenvalue weighted by atomic mass is 35.5. The lowest BCUT2D eigenvalue weighted by molar-refractivity contribution is -0.126. The van der Waals surface area contributed by atoms with Crippen LogP contribution < -0.4 is 10.6 Å². The number of anilines is 1. The van der Waals surface area contributed by atoms with Gasteiger partial charge in [0.2, 0.25) is 15.9 Å². The van der Waals surface area contributed by atoms with E-state index >= 15 is 0 Å². The Labute approximate surface area is 219 Å². The van der Waals surface area contributed by atoms with Gasteiger partial charge in [0.05, 0.1) is 10.5 Å². The van der Waals surface area contributed by atoms with Crippen LogP contribution in [0.5, 0.6) is 0 Å². The number of hydrogen-bond acceptors (Lipinski definition) is 5. The standard InChI is InChI=1S/C24H25Cl3N4O3S/c25-17-2-4-19-21(6-11-29-22(19)14-17)28-9-1-10-30-24(32)16-7-12-31(13-8-16)35(33,34)23-15-18(26)3-5-20(23)27/h2-6,11,14-16H,1,7-10,12-13H2,(H,28,29)(H,30,32). The zero-order valence-electron chi connectivity index (χ0n) is 18.8. The fraction of sp³-hybridized carbons (Fsp3) is 0.333. The Bertz CT molecular complexity index is 1330. The summed E-state index contributed by atoms with van der Waals surface area (Å²) in [6.45, 7) is 1.71. The van der Waals surface area contributed by atoms with E-state index in [9.17, 15) is 13.2 Å². The molecule has 0 saturated carbocycles. The van der Waals surface area contributed by atoms with E-state index in [4.69, 9.17) is 34.8 Å². The number of benzene rings is 2. The van der Waals surface area contributed by atoms with Crippen molar-refractivity contribution in [1.82, 2.24) is 14.6 Å². The highest BCUT2D eigenvalue weighted by Gasteiger charge is 2.33. The van der Waals surface area contributed by atoms with Crippen molar-refractivity contribution in [2.45, 2.75) is 24.2 Å². The second-order valence-corrected chi connectivity index (χ2v) is 11.5. The number of hydrogen-bond donors (Lipinski definition) is 2. The Balaban J connectivity index is 1.22. The summed E-state index contributed by atoms with van der Waals surface area (Å²) >= 11 is 18.1. The SMILES string of the molecule is O=C(NCCCNc1ccnc2cc(Cl)ccc12)C1CCN(S(=O)(=O)c2cc(Cl)ccc2Cl)CC1. The third-order valence-electron chi connectivity index (χ3n) is 6.01. The Morgan fingerprint density at radius 3 is 2.49 bits per heavy atom. The van der Waals surface area contributed by atoms with E-state index in [2.05, 4.69) is 15.6 Å². The number of carbonyl (C=O) groups excluding carboxylic acids is 1. The smallest absolute Gasteiger partial charge is 0.244 e. The summed E-state index contributed by atoms with van der Waals surface area (Å²) in [5.74, 6) is -0.273. The average Bonchev–Trinajstić information content (AvgIpc) is 2.85. The molecule has 2 N–H and O–H groups in total. The van der Waals surface area contributed by atoms with Crippen LogP contribution in [0.25, 0.3) is 10.9 Å². The molecule has 1 fully saturated rings. The number of piperidine rings is 1. The van der Waals surface area contributed by atoms with Crippen molar-refractivity contribution in [3.8, 4) is 0 Å². The van der Waals surface area contributed by atoms with Crippen LogP contribution in [0.2, 0.25) is 15.1 Å². The first-order valence-corrected chi connectivity index (χ1v) is 13.8. The number of rotatable bonds is 8. The summed E-state index contributed by atoms with van der Waals surface area (Å²) in [6.07, 6.45) is 3.37. The number of nitrogens with one attached hydrogen (secondary N) is 2. The van der Waals surface area contributed by atoms with Crippen LogP contribution in [0, 0.1) is 5.92 Å². The molecule has 3 aromatic rings. The van der Waals surface area contributed by atoms with E-state index in [1.165, 1.54) is 16.4 Å². The van der Waals surface area contributed by atoms with Gasteiger partial charge < -0.3 is 10.6 Å². The minimum absolute atomic E-state index is 0.00728. The molecule has 7 nitrogen and oxygen atoms in total. The van der Waals surface area contributed by atoms with Crippen LogP contribution in [0.4, 0.5) is 5.69 Å². The molecule has 0 unspecified atom stereocenters. The quantitative estimate of drug-likeness (QED) is 0.372. The van der Waals surface area contributed by atoms with Crippen molar-refractivity contribution in [2.24, 2.45) is 5.92 Å². The summed E-state index contributed by atoms with van der Waals surface area (Å²) in [4.78, 5) is 16.9. The third-order valence-corrected chi connectivity index (χ3v) is 8.86. The van der Waals surface area contributed by atoms with Crippen molar-refractivity contribution in [1.29, 1.82) is 0 Å². The molecule has 2 heterocycles. The van der Waals surface area contributed by atoms with Gasteiger partial charge in [0.1, 0.15) is 4.90 Å². The molecule has 1 amide bonds. The molecular weight excluding hydrogens is 531 g/mol. The molecular formula is C24H25Cl3N4O3S. The van der Waals surface area contributed by atoms with Crippen LogP contribution in [0.15, 0.2) is 53.6 Å². The summed E-state index contributed by atoms with van der Waals surface area (Å²) in [7, 11) is -3.77. The van der Waals surface area contributed by atoms with E-state index in [1.807, 2.05) is 24.3 Å². The van der Waals surface area contributed by atoms with Gasteiger partial charge in [-0.2, -0.15) is 4.31 Å². The van der Waals surface area contributed by atoms with Crippen molar-refractivity contribution in [3.63, 3.8) is 0 Å². The fourth-order valence-electron chi connectivity index (χ4n) is 4.12. The summed E-state index contributed by atoms with van der Waals surface area (Å²) in [5, 5.41) is 8.41. The van der Waals surface area contributed by atoms with Gasteiger partial charge in [-0.05, 0) is 61.7 Å². The molecule has 0 bridgehead atoms. The predicted molar refractivity (Wildman–Crippen MR) is 141 cm³/mol. The van der Waals surface area contributed by atoms with Gasteiger partial charge in [-0.1, -0.05) is 34.8 Å². The number of sulfonamides is 1. The molecule has 1 aliphatic rings. The highest BCUT2D eigenvalue weighted by Crippen LogP contribution is 2.30. The van der Waals surface area contributed by atoms with E-state index in [1.54, 1.807) is 12.3 Å². The van der Waals surface area contributed by atoms with Crippen LogP contribution in [0.1, 0.15) is 19.3 Å². The highest BCUT2D eigenvalue weighted by molar-refractivity contribution is 7.89. The molecule has 4 rings (SSSR count). The lowest BCUT2D eigenvalue weighted by Gasteiger charge is -2.30. The maximum absolute atomic E-state index is 13.0. The second kappa shape index (κ2) is 11.3. The van der Waals surface area contributed by atoms with Gasteiger partial charge in [-0.25, -0.2) is 8.42 Å². The largest absolute Gasteiger partial charge is 0.384 e. The zero-order valence-corrected chi connectivity index (χ0v) is 21.9. The first-order valence-electron chi connectivity index (χ1n) is 11.3. The molecule has 1 saturated heterocycles. The minimum atomic E-state index is -3.77. The maximum atomic E-state index is 13.0. The van der Waals surface area contributed by atoms with Gasteiger partial charge in [0.25, 0.3) is 0 Å². The predicted octanol–water partition coefficient (Wildman–Crippen LogP) is 5.21. The fourth-order valence-corrected chi connectivity index (χ4v) is 6.49. The molecule has 0 atom stereocenters. The number of amides is 1. The number of halogens is 3. The molecule has 2 aromatic carbocycles. The lowest BCUT2D eigenvalue weighted by Crippen LogP contribution is -2.43. The molecule has 0 aliphatic carbocycles. The number of pyridine rings is 1. The lowest BCUT2D eigenvalue weighted by atomic mass is 9.97. The van der Waals surface area contributed by atoms with Crippen molar-refractivity contribution >= 4 is 67.3 Å². The maximum Gasteiger partial charge on any atom is 0.244 e. The van der Waals surface area contributed by atoms with E-state index in [0.717, 1.165) is 23.0 Å². The molecule has 0 spiro atoms. The van der Waals surface area contributed by atoms with Crippen LogP contribution in [-0.4, -0.2) is 49.8 Å². The topological polar surface area (TPSA) is 91.4 Å². The number of fused-ring (bicyclic) bond motifs is 1. The van der Waals surface area contributed by atoms with Crippen molar-refractivity contribution < 1.29 is 13.2 Å². The Hall–Kier alpha value is -2.10. The number of nitrogens with zero attached hydrogens (tertiary/aromatic N) is 2. The third kappa shape index (κ3) is 6.19. The van der Waals surface area contributed by atoms with Gasteiger partial charge in [-0.15, -0.1) is 0 Å².